The lowest BCUT2D eigenvalue weighted by Crippen LogP contribution is -1.93. The molecule has 90 valence electrons. The van der Waals surface area contributed by atoms with Gasteiger partial charge < -0.3 is 5.32 Å². The van der Waals surface area contributed by atoms with Crippen molar-refractivity contribution in [3.8, 4) is 6.07 Å². The number of aryl methyl sites for hydroxylation is 3. The minimum atomic E-state index is 0.723. The Kier molecular flexibility index (Phi) is 3.34. The summed E-state index contributed by atoms with van der Waals surface area (Å²) in [5, 5.41) is 12.3. The normalized spacial score (nSPS) is 9.89. The third kappa shape index (κ3) is 2.52. The highest BCUT2D eigenvalue weighted by Crippen LogP contribution is 2.21. The zero-order valence-electron chi connectivity index (χ0n) is 10.9. The van der Waals surface area contributed by atoms with Gasteiger partial charge in [0.05, 0.1) is 11.6 Å². The maximum Gasteiger partial charge on any atom is 0.0994 e. The Morgan fingerprint density at radius 1 is 0.833 bits per heavy atom. The Hall–Kier alpha value is -2.27. The molecule has 0 aliphatic carbocycles. The molecule has 0 amide bonds. The van der Waals surface area contributed by atoms with Crippen LogP contribution in [0.2, 0.25) is 0 Å². The summed E-state index contributed by atoms with van der Waals surface area (Å²) in [6.45, 7) is 6.15. The van der Waals surface area contributed by atoms with E-state index in [9.17, 15) is 0 Å². The van der Waals surface area contributed by atoms with Crippen molar-refractivity contribution < 1.29 is 0 Å². The molecule has 18 heavy (non-hydrogen) atoms. The van der Waals surface area contributed by atoms with E-state index in [1.165, 1.54) is 11.1 Å². The van der Waals surface area contributed by atoms with E-state index in [0.29, 0.717) is 0 Å². The molecule has 0 atom stereocenters. The first-order chi connectivity index (χ1) is 8.60. The average molecular weight is 236 g/mol. The van der Waals surface area contributed by atoms with Gasteiger partial charge in [-0.15, -0.1) is 0 Å². The van der Waals surface area contributed by atoms with Crippen LogP contribution in [0.3, 0.4) is 0 Å². The minimum absolute atomic E-state index is 0.723. The first-order valence-corrected chi connectivity index (χ1v) is 5.95. The standard InChI is InChI=1S/C16H16N2/c1-11-4-6-15(8-12(11)2)18-16-7-5-14(10-17)13(3)9-16/h4-9,18H,1-3H3. The van der Waals surface area contributed by atoms with Crippen molar-refractivity contribution in [2.75, 3.05) is 5.32 Å². The zero-order chi connectivity index (χ0) is 13.1. The molecule has 0 aliphatic rings. The van der Waals surface area contributed by atoms with Crippen molar-refractivity contribution in [3.63, 3.8) is 0 Å². The van der Waals surface area contributed by atoms with Crippen molar-refractivity contribution in [2.45, 2.75) is 20.8 Å². The molecule has 0 fully saturated rings. The largest absolute Gasteiger partial charge is 0.356 e. The van der Waals surface area contributed by atoms with Gasteiger partial charge in [-0.05, 0) is 67.8 Å². The molecule has 0 radical (unpaired) electrons. The highest BCUT2D eigenvalue weighted by Gasteiger charge is 2.00. The fourth-order valence-corrected chi connectivity index (χ4v) is 1.85. The first-order valence-electron chi connectivity index (χ1n) is 5.95. The molecule has 2 nitrogen and oxygen atoms in total. The fourth-order valence-electron chi connectivity index (χ4n) is 1.85. The van der Waals surface area contributed by atoms with Gasteiger partial charge in [0, 0.05) is 11.4 Å². The van der Waals surface area contributed by atoms with Crippen LogP contribution in [0, 0.1) is 32.1 Å². The van der Waals surface area contributed by atoms with Gasteiger partial charge >= 0.3 is 0 Å². The second kappa shape index (κ2) is 4.93. The third-order valence-electron chi connectivity index (χ3n) is 3.14. The summed E-state index contributed by atoms with van der Waals surface area (Å²) in [5.74, 6) is 0. The summed E-state index contributed by atoms with van der Waals surface area (Å²) in [5.41, 5.74) is 6.35. The van der Waals surface area contributed by atoms with E-state index < -0.39 is 0 Å². The van der Waals surface area contributed by atoms with Crippen LogP contribution in [0.15, 0.2) is 36.4 Å². The molecule has 0 aromatic heterocycles. The van der Waals surface area contributed by atoms with Crippen LogP contribution in [0.4, 0.5) is 11.4 Å². The first kappa shape index (κ1) is 12.2. The van der Waals surface area contributed by atoms with E-state index in [2.05, 4.69) is 43.4 Å². The smallest absolute Gasteiger partial charge is 0.0994 e. The van der Waals surface area contributed by atoms with E-state index in [1.54, 1.807) is 0 Å². The number of nitrogens with zero attached hydrogens (tertiary/aromatic N) is 1. The predicted molar refractivity (Wildman–Crippen MR) is 75.1 cm³/mol. The van der Waals surface area contributed by atoms with Gasteiger partial charge in [0.25, 0.3) is 0 Å². The molecule has 2 aromatic carbocycles. The van der Waals surface area contributed by atoms with E-state index in [0.717, 1.165) is 22.5 Å². The molecule has 0 aliphatic heterocycles. The van der Waals surface area contributed by atoms with Gasteiger partial charge in [0.15, 0.2) is 0 Å². The minimum Gasteiger partial charge on any atom is -0.356 e. The van der Waals surface area contributed by atoms with Crippen molar-refractivity contribution in [2.24, 2.45) is 0 Å². The van der Waals surface area contributed by atoms with E-state index in [1.807, 2.05) is 25.1 Å². The summed E-state index contributed by atoms with van der Waals surface area (Å²) in [7, 11) is 0. The Morgan fingerprint density at radius 3 is 2.00 bits per heavy atom. The number of rotatable bonds is 2. The molecule has 0 saturated carbocycles. The van der Waals surface area contributed by atoms with E-state index in [-0.39, 0.29) is 0 Å². The number of hydrogen-bond acceptors (Lipinski definition) is 2. The summed E-state index contributed by atoms with van der Waals surface area (Å²) >= 11 is 0. The third-order valence-corrected chi connectivity index (χ3v) is 3.14. The Balaban J connectivity index is 2.26. The molecular formula is C16H16N2. The summed E-state index contributed by atoms with van der Waals surface area (Å²) in [6, 6.07) is 14.2. The molecule has 0 bridgehead atoms. The molecular weight excluding hydrogens is 220 g/mol. The van der Waals surface area contributed by atoms with E-state index >= 15 is 0 Å². The molecule has 0 saturated heterocycles. The van der Waals surface area contributed by atoms with Crippen molar-refractivity contribution in [1.29, 1.82) is 5.26 Å². The molecule has 1 N–H and O–H groups in total. The van der Waals surface area contributed by atoms with Gasteiger partial charge in [-0.25, -0.2) is 0 Å². The van der Waals surface area contributed by atoms with Crippen LogP contribution in [0.1, 0.15) is 22.3 Å². The van der Waals surface area contributed by atoms with E-state index in [4.69, 9.17) is 5.26 Å². The molecule has 0 heterocycles. The van der Waals surface area contributed by atoms with Crippen LogP contribution >= 0.6 is 0 Å². The Labute approximate surface area is 108 Å². The number of nitriles is 1. The average Bonchev–Trinajstić information content (AvgIpc) is 2.34. The van der Waals surface area contributed by atoms with Gasteiger partial charge in [-0.2, -0.15) is 5.26 Å². The maximum absolute atomic E-state index is 8.90. The second-order valence-electron chi connectivity index (χ2n) is 4.57. The molecule has 0 spiro atoms. The van der Waals surface area contributed by atoms with Crippen molar-refractivity contribution >= 4 is 11.4 Å². The topological polar surface area (TPSA) is 35.8 Å². The predicted octanol–water partition coefficient (Wildman–Crippen LogP) is 4.23. The lowest BCUT2D eigenvalue weighted by atomic mass is 10.1. The van der Waals surface area contributed by atoms with Crippen LogP contribution in [0.5, 0.6) is 0 Å². The number of anilines is 2. The Bertz CT molecular complexity index is 621. The van der Waals surface area contributed by atoms with Crippen molar-refractivity contribution in [1.82, 2.24) is 0 Å². The molecule has 2 aromatic rings. The van der Waals surface area contributed by atoms with Crippen molar-refractivity contribution in [3.05, 3.63) is 58.7 Å². The maximum atomic E-state index is 8.90. The summed E-state index contributed by atoms with van der Waals surface area (Å²) in [4.78, 5) is 0. The van der Waals surface area contributed by atoms with Crippen LogP contribution in [-0.2, 0) is 0 Å². The molecule has 2 rings (SSSR count). The molecule has 2 heteroatoms. The van der Waals surface area contributed by atoms with Crippen LogP contribution in [-0.4, -0.2) is 0 Å². The number of hydrogen-bond donors (Lipinski definition) is 1. The fraction of sp³-hybridized carbons (Fsp3) is 0.188. The zero-order valence-corrected chi connectivity index (χ0v) is 10.9. The Morgan fingerprint density at radius 2 is 1.44 bits per heavy atom. The highest BCUT2D eigenvalue weighted by molar-refractivity contribution is 5.63. The van der Waals surface area contributed by atoms with Gasteiger partial charge in [0.1, 0.15) is 0 Å². The monoisotopic (exact) mass is 236 g/mol. The van der Waals surface area contributed by atoms with Crippen LogP contribution in [0.25, 0.3) is 0 Å². The quantitative estimate of drug-likeness (QED) is 0.847. The lowest BCUT2D eigenvalue weighted by Gasteiger charge is -2.10. The SMILES string of the molecule is Cc1ccc(Nc2ccc(C#N)c(C)c2)cc1C. The van der Waals surface area contributed by atoms with Gasteiger partial charge in [-0.1, -0.05) is 6.07 Å². The molecule has 0 unspecified atom stereocenters. The van der Waals surface area contributed by atoms with Crippen LogP contribution < -0.4 is 5.32 Å². The lowest BCUT2D eigenvalue weighted by molar-refractivity contribution is 1.33. The van der Waals surface area contributed by atoms with Gasteiger partial charge in [-0.3, -0.25) is 0 Å². The number of benzene rings is 2. The highest BCUT2D eigenvalue weighted by atomic mass is 14.9. The van der Waals surface area contributed by atoms with Gasteiger partial charge in [0.2, 0.25) is 0 Å². The summed E-state index contributed by atoms with van der Waals surface area (Å²) in [6.07, 6.45) is 0. The number of nitrogens with one attached hydrogen (secondary N) is 1. The summed E-state index contributed by atoms with van der Waals surface area (Å²) < 4.78 is 0. The second-order valence-corrected chi connectivity index (χ2v) is 4.57.